The molecule has 6 nitrogen and oxygen atoms in total. The summed E-state index contributed by atoms with van der Waals surface area (Å²) in [6.07, 6.45) is 0. The van der Waals surface area contributed by atoms with Crippen LogP contribution in [0.25, 0.3) is 0 Å². The van der Waals surface area contributed by atoms with Gasteiger partial charge in [0.15, 0.2) is 0 Å². The Morgan fingerprint density at radius 1 is 1.33 bits per heavy atom. The Kier molecular flexibility index (Phi) is 6.68. The van der Waals surface area contributed by atoms with Gasteiger partial charge in [-0.2, -0.15) is 0 Å². The number of benzene rings is 1. The first-order chi connectivity index (χ1) is 9.95. The zero-order valence-electron chi connectivity index (χ0n) is 12.6. The molecule has 0 heterocycles. The molecule has 116 valence electrons. The monoisotopic (exact) mass is 294 g/mol. The van der Waals surface area contributed by atoms with E-state index in [2.05, 4.69) is 5.32 Å². The van der Waals surface area contributed by atoms with Crippen molar-refractivity contribution < 1.29 is 19.4 Å². The minimum absolute atomic E-state index is 0.0714. The van der Waals surface area contributed by atoms with Gasteiger partial charge < -0.3 is 20.1 Å². The molecule has 0 atom stereocenters. The molecule has 0 radical (unpaired) electrons. The summed E-state index contributed by atoms with van der Waals surface area (Å²) in [7, 11) is 1.57. The maximum absolute atomic E-state index is 12.3. The zero-order chi connectivity index (χ0) is 15.8. The summed E-state index contributed by atoms with van der Waals surface area (Å²) in [5, 5.41) is 11.8. The SMILES string of the molecule is COCCN(CC(C)C)C(=O)Nc1ccccc1C(=O)O. The number of nitrogens with zero attached hydrogens (tertiary/aromatic N) is 1. The molecule has 0 fully saturated rings. The van der Waals surface area contributed by atoms with E-state index >= 15 is 0 Å². The van der Waals surface area contributed by atoms with Crippen molar-refractivity contribution in [3.8, 4) is 0 Å². The molecule has 0 aliphatic carbocycles. The van der Waals surface area contributed by atoms with Crippen LogP contribution in [0.5, 0.6) is 0 Å². The highest BCUT2D eigenvalue weighted by atomic mass is 16.5. The van der Waals surface area contributed by atoms with Crippen molar-refractivity contribution in [2.24, 2.45) is 5.92 Å². The van der Waals surface area contributed by atoms with Crippen molar-refractivity contribution in [3.05, 3.63) is 29.8 Å². The largest absolute Gasteiger partial charge is 0.478 e. The number of carbonyl (C=O) groups is 2. The minimum Gasteiger partial charge on any atom is -0.478 e. The second-order valence-electron chi connectivity index (χ2n) is 5.11. The summed E-state index contributed by atoms with van der Waals surface area (Å²) in [5.41, 5.74) is 0.364. The molecule has 0 aliphatic rings. The Hall–Kier alpha value is -2.08. The van der Waals surface area contributed by atoms with Crippen LogP contribution in [0.1, 0.15) is 24.2 Å². The van der Waals surface area contributed by atoms with Crippen LogP contribution >= 0.6 is 0 Å². The number of para-hydroxylation sites is 1. The number of hydrogen-bond donors (Lipinski definition) is 2. The van der Waals surface area contributed by atoms with Crippen LogP contribution < -0.4 is 5.32 Å². The highest BCUT2D eigenvalue weighted by Crippen LogP contribution is 2.15. The lowest BCUT2D eigenvalue weighted by molar-refractivity contribution is 0.0698. The maximum Gasteiger partial charge on any atom is 0.337 e. The van der Waals surface area contributed by atoms with Crippen molar-refractivity contribution in [2.75, 3.05) is 32.1 Å². The fourth-order valence-corrected chi connectivity index (χ4v) is 1.89. The van der Waals surface area contributed by atoms with Gasteiger partial charge in [-0.15, -0.1) is 0 Å². The molecule has 1 aromatic carbocycles. The Morgan fingerprint density at radius 3 is 2.57 bits per heavy atom. The Morgan fingerprint density at radius 2 is 2.00 bits per heavy atom. The fraction of sp³-hybridized carbons (Fsp3) is 0.467. The number of hydrogen-bond acceptors (Lipinski definition) is 3. The third-order valence-electron chi connectivity index (χ3n) is 2.84. The first-order valence-corrected chi connectivity index (χ1v) is 6.83. The van der Waals surface area contributed by atoms with Crippen LogP contribution in [-0.2, 0) is 4.74 Å². The molecule has 0 spiro atoms. The number of carbonyl (C=O) groups excluding carboxylic acids is 1. The molecule has 0 aromatic heterocycles. The van der Waals surface area contributed by atoms with Gasteiger partial charge in [0.1, 0.15) is 0 Å². The summed E-state index contributed by atoms with van der Waals surface area (Å²) < 4.78 is 5.00. The van der Waals surface area contributed by atoms with Crippen LogP contribution in [0.3, 0.4) is 0 Å². The predicted octanol–water partition coefficient (Wildman–Crippen LogP) is 2.52. The molecule has 1 rings (SSSR count). The van der Waals surface area contributed by atoms with Crippen molar-refractivity contribution in [1.82, 2.24) is 4.90 Å². The maximum atomic E-state index is 12.3. The van der Waals surface area contributed by atoms with Gasteiger partial charge in [0.2, 0.25) is 0 Å². The smallest absolute Gasteiger partial charge is 0.337 e. The number of anilines is 1. The van der Waals surface area contributed by atoms with Gasteiger partial charge in [-0.3, -0.25) is 0 Å². The summed E-state index contributed by atoms with van der Waals surface area (Å²) in [4.78, 5) is 25.1. The number of carboxylic acids is 1. The molecule has 2 N–H and O–H groups in total. The second-order valence-corrected chi connectivity index (χ2v) is 5.11. The van der Waals surface area contributed by atoms with E-state index in [-0.39, 0.29) is 11.6 Å². The molecule has 1 aromatic rings. The van der Waals surface area contributed by atoms with E-state index in [9.17, 15) is 9.59 Å². The van der Waals surface area contributed by atoms with Crippen LogP contribution in [-0.4, -0.2) is 48.8 Å². The lowest BCUT2D eigenvalue weighted by Crippen LogP contribution is -2.39. The average Bonchev–Trinajstić information content (AvgIpc) is 2.43. The second kappa shape index (κ2) is 8.26. The van der Waals surface area contributed by atoms with Crippen LogP contribution in [0.2, 0.25) is 0 Å². The molecule has 0 saturated carbocycles. The topological polar surface area (TPSA) is 78.9 Å². The number of aromatic carboxylic acids is 1. The van der Waals surface area contributed by atoms with E-state index in [1.165, 1.54) is 6.07 Å². The third kappa shape index (κ3) is 5.43. The van der Waals surface area contributed by atoms with Gasteiger partial charge in [0, 0.05) is 20.2 Å². The molecular weight excluding hydrogens is 272 g/mol. The van der Waals surface area contributed by atoms with Crippen molar-refractivity contribution in [2.45, 2.75) is 13.8 Å². The van der Waals surface area contributed by atoms with Gasteiger partial charge in [-0.1, -0.05) is 26.0 Å². The van der Waals surface area contributed by atoms with Gasteiger partial charge >= 0.3 is 12.0 Å². The van der Waals surface area contributed by atoms with E-state index in [1.807, 2.05) is 13.8 Å². The molecule has 0 aliphatic heterocycles. The average molecular weight is 294 g/mol. The standard InChI is InChI=1S/C15H22N2O4/c1-11(2)10-17(8-9-21-3)15(20)16-13-7-5-4-6-12(13)14(18)19/h4-7,11H,8-10H2,1-3H3,(H,16,20)(H,18,19). The van der Waals surface area contributed by atoms with E-state index in [0.29, 0.717) is 31.3 Å². The lowest BCUT2D eigenvalue weighted by atomic mass is 10.2. The predicted molar refractivity (Wildman–Crippen MR) is 80.7 cm³/mol. The molecular formula is C15H22N2O4. The third-order valence-corrected chi connectivity index (χ3v) is 2.84. The molecule has 0 unspecified atom stereocenters. The molecule has 2 amide bonds. The van der Waals surface area contributed by atoms with Crippen molar-refractivity contribution in [3.63, 3.8) is 0 Å². The van der Waals surface area contributed by atoms with Gasteiger partial charge in [0.05, 0.1) is 17.9 Å². The van der Waals surface area contributed by atoms with Gasteiger partial charge in [-0.05, 0) is 18.1 Å². The number of methoxy groups -OCH3 is 1. The van der Waals surface area contributed by atoms with Gasteiger partial charge in [-0.25, -0.2) is 9.59 Å². The normalized spacial score (nSPS) is 10.5. The van der Waals surface area contributed by atoms with Crippen LogP contribution in [0, 0.1) is 5.92 Å². The van der Waals surface area contributed by atoms with Gasteiger partial charge in [0.25, 0.3) is 0 Å². The molecule has 6 heteroatoms. The quantitative estimate of drug-likeness (QED) is 0.810. The number of amides is 2. The van der Waals surface area contributed by atoms with E-state index < -0.39 is 5.97 Å². The zero-order valence-corrected chi connectivity index (χ0v) is 12.6. The van der Waals surface area contributed by atoms with E-state index in [4.69, 9.17) is 9.84 Å². The highest BCUT2D eigenvalue weighted by Gasteiger charge is 2.17. The highest BCUT2D eigenvalue weighted by molar-refractivity contribution is 5.99. The number of carboxylic acid groups (broad SMARTS) is 1. The number of nitrogens with one attached hydrogen (secondary N) is 1. The summed E-state index contributed by atoms with van der Waals surface area (Å²) in [6, 6.07) is 6.01. The van der Waals surface area contributed by atoms with Crippen molar-refractivity contribution in [1.29, 1.82) is 0 Å². The Labute approximate surface area is 124 Å². The number of ether oxygens (including phenoxy) is 1. The molecule has 21 heavy (non-hydrogen) atoms. The van der Waals surface area contributed by atoms with Crippen LogP contribution in [0.15, 0.2) is 24.3 Å². The number of urea groups is 1. The lowest BCUT2D eigenvalue weighted by Gasteiger charge is -2.25. The first kappa shape index (κ1) is 17.0. The van der Waals surface area contributed by atoms with Crippen LogP contribution in [0.4, 0.5) is 10.5 Å². The molecule has 0 saturated heterocycles. The summed E-state index contributed by atoms with van der Waals surface area (Å²) >= 11 is 0. The van der Waals surface area contributed by atoms with E-state index in [0.717, 1.165) is 0 Å². The number of rotatable bonds is 7. The summed E-state index contributed by atoms with van der Waals surface area (Å²) in [5.74, 6) is -0.763. The van der Waals surface area contributed by atoms with E-state index in [1.54, 1.807) is 30.2 Å². The minimum atomic E-state index is -1.07. The Bertz CT molecular complexity index is 488. The fourth-order valence-electron chi connectivity index (χ4n) is 1.89. The summed E-state index contributed by atoms with van der Waals surface area (Å²) in [6.45, 7) is 5.48. The van der Waals surface area contributed by atoms with Crippen molar-refractivity contribution >= 4 is 17.7 Å². The first-order valence-electron chi connectivity index (χ1n) is 6.83. The molecule has 0 bridgehead atoms. The Balaban J connectivity index is 2.83.